The minimum Gasteiger partial charge on any atom is -0.439 e. The molecule has 154 valence electrons. The number of carbonyl (C=O) groups is 1. The summed E-state index contributed by atoms with van der Waals surface area (Å²) in [6, 6.07) is 15.2. The maximum absolute atomic E-state index is 13.2. The van der Waals surface area contributed by atoms with Crippen LogP contribution in [0, 0.1) is 5.82 Å². The van der Waals surface area contributed by atoms with Crippen molar-refractivity contribution in [2.24, 2.45) is 0 Å². The van der Waals surface area contributed by atoms with Gasteiger partial charge in [-0.25, -0.2) is 14.4 Å². The molecular formula is C24H24FN3O2. The maximum Gasteiger partial charge on any atom is 0.253 e. The van der Waals surface area contributed by atoms with Gasteiger partial charge in [-0.1, -0.05) is 25.3 Å². The molecule has 1 fully saturated rings. The van der Waals surface area contributed by atoms with E-state index in [4.69, 9.17) is 4.74 Å². The van der Waals surface area contributed by atoms with Gasteiger partial charge in [0.1, 0.15) is 17.9 Å². The standard InChI is InChI=1S/C24H24FN3O2/c1-28(20-7-3-2-4-8-20)24(29)18-6-5-9-21(14-18)30-23-15-22(26-16-27-23)17-10-12-19(25)13-11-17/h5-6,9-16,20H,2-4,7-8H2,1H3. The summed E-state index contributed by atoms with van der Waals surface area (Å²) in [5, 5.41) is 0. The third-order valence-corrected chi connectivity index (χ3v) is 5.53. The van der Waals surface area contributed by atoms with Gasteiger partial charge < -0.3 is 9.64 Å². The zero-order valence-electron chi connectivity index (χ0n) is 16.9. The Morgan fingerprint density at radius 3 is 2.57 bits per heavy atom. The molecule has 0 N–H and O–H groups in total. The molecule has 5 nitrogen and oxygen atoms in total. The van der Waals surface area contributed by atoms with Crippen LogP contribution in [0.15, 0.2) is 60.9 Å². The topological polar surface area (TPSA) is 55.3 Å². The molecule has 0 bridgehead atoms. The lowest BCUT2D eigenvalue weighted by Gasteiger charge is -2.31. The number of halogens is 1. The van der Waals surface area contributed by atoms with E-state index in [1.165, 1.54) is 37.7 Å². The van der Waals surface area contributed by atoms with Gasteiger partial charge in [-0.3, -0.25) is 4.79 Å². The summed E-state index contributed by atoms with van der Waals surface area (Å²) < 4.78 is 19.0. The van der Waals surface area contributed by atoms with E-state index in [9.17, 15) is 9.18 Å². The molecule has 1 aliphatic rings. The normalized spacial score (nSPS) is 14.3. The summed E-state index contributed by atoms with van der Waals surface area (Å²) in [4.78, 5) is 23.2. The van der Waals surface area contributed by atoms with Crippen molar-refractivity contribution >= 4 is 5.91 Å². The SMILES string of the molecule is CN(C(=O)c1cccc(Oc2cc(-c3ccc(F)cc3)ncn2)c1)C1CCCCC1. The number of benzene rings is 2. The summed E-state index contributed by atoms with van der Waals surface area (Å²) in [5.41, 5.74) is 1.99. The Labute approximate surface area is 175 Å². The van der Waals surface area contributed by atoms with E-state index in [1.807, 2.05) is 11.9 Å². The van der Waals surface area contributed by atoms with Crippen LogP contribution in [-0.4, -0.2) is 33.9 Å². The quantitative estimate of drug-likeness (QED) is 0.564. The Kier molecular flexibility index (Phi) is 6.02. The number of nitrogens with zero attached hydrogens (tertiary/aromatic N) is 3. The molecule has 4 rings (SSSR count). The van der Waals surface area contributed by atoms with Crippen LogP contribution in [0.4, 0.5) is 4.39 Å². The third kappa shape index (κ3) is 4.64. The predicted octanol–water partition coefficient (Wildman–Crippen LogP) is 5.48. The van der Waals surface area contributed by atoms with E-state index in [0.717, 1.165) is 18.4 Å². The molecule has 0 radical (unpaired) electrons. The molecule has 0 unspecified atom stereocenters. The van der Waals surface area contributed by atoms with E-state index in [2.05, 4.69) is 9.97 Å². The van der Waals surface area contributed by atoms with Crippen LogP contribution in [0.5, 0.6) is 11.6 Å². The monoisotopic (exact) mass is 405 g/mol. The lowest BCUT2D eigenvalue weighted by atomic mass is 9.94. The molecule has 0 atom stereocenters. The van der Waals surface area contributed by atoms with Crippen molar-refractivity contribution in [1.29, 1.82) is 0 Å². The number of hydrogen-bond acceptors (Lipinski definition) is 4. The highest BCUT2D eigenvalue weighted by Gasteiger charge is 2.23. The first-order valence-corrected chi connectivity index (χ1v) is 10.2. The Hall–Kier alpha value is -3.28. The van der Waals surface area contributed by atoms with Crippen molar-refractivity contribution in [3.05, 3.63) is 72.3 Å². The molecule has 1 aliphatic carbocycles. The largest absolute Gasteiger partial charge is 0.439 e. The second kappa shape index (κ2) is 9.03. The number of hydrogen-bond donors (Lipinski definition) is 0. The molecule has 2 aromatic carbocycles. The molecule has 1 amide bonds. The van der Waals surface area contributed by atoms with Crippen LogP contribution < -0.4 is 4.74 Å². The average molecular weight is 405 g/mol. The van der Waals surface area contributed by atoms with Crippen molar-refractivity contribution in [3.8, 4) is 22.9 Å². The lowest BCUT2D eigenvalue weighted by molar-refractivity contribution is 0.0696. The van der Waals surface area contributed by atoms with Gasteiger partial charge in [0, 0.05) is 30.3 Å². The molecule has 1 saturated carbocycles. The van der Waals surface area contributed by atoms with Gasteiger partial charge in [-0.2, -0.15) is 0 Å². The van der Waals surface area contributed by atoms with Gasteiger partial charge in [-0.05, 0) is 55.3 Å². The Bertz CT molecular complexity index is 1020. The number of amides is 1. The first-order valence-electron chi connectivity index (χ1n) is 10.2. The first-order chi connectivity index (χ1) is 14.6. The second-order valence-electron chi connectivity index (χ2n) is 7.59. The highest BCUT2D eigenvalue weighted by molar-refractivity contribution is 5.94. The molecule has 30 heavy (non-hydrogen) atoms. The maximum atomic E-state index is 13.2. The zero-order valence-corrected chi connectivity index (χ0v) is 16.9. The second-order valence-corrected chi connectivity index (χ2v) is 7.59. The molecule has 1 aromatic heterocycles. The predicted molar refractivity (Wildman–Crippen MR) is 113 cm³/mol. The van der Waals surface area contributed by atoms with E-state index < -0.39 is 0 Å². The Morgan fingerprint density at radius 2 is 1.80 bits per heavy atom. The zero-order chi connectivity index (χ0) is 20.9. The van der Waals surface area contributed by atoms with Crippen molar-refractivity contribution < 1.29 is 13.9 Å². The first kappa shape index (κ1) is 20.0. The Balaban J connectivity index is 1.50. The third-order valence-electron chi connectivity index (χ3n) is 5.53. The fraction of sp³-hybridized carbons (Fsp3) is 0.292. The van der Waals surface area contributed by atoms with Gasteiger partial charge in [0.25, 0.3) is 5.91 Å². The van der Waals surface area contributed by atoms with E-state index >= 15 is 0 Å². The summed E-state index contributed by atoms with van der Waals surface area (Å²) in [6.07, 6.45) is 7.13. The minimum atomic E-state index is -0.302. The molecule has 0 saturated heterocycles. The molecule has 0 spiro atoms. The fourth-order valence-corrected chi connectivity index (χ4v) is 3.82. The van der Waals surface area contributed by atoms with E-state index in [1.54, 1.807) is 42.5 Å². The van der Waals surface area contributed by atoms with Crippen molar-refractivity contribution in [1.82, 2.24) is 14.9 Å². The van der Waals surface area contributed by atoms with Crippen molar-refractivity contribution in [2.45, 2.75) is 38.1 Å². The van der Waals surface area contributed by atoms with Crippen LogP contribution in [0.3, 0.4) is 0 Å². The molecule has 6 heteroatoms. The minimum absolute atomic E-state index is 0.00189. The van der Waals surface area contributed by atoms with Crippen LogP contribution >= 0.6 is 0 Å². The summed E-state index contributed by atoms with van der Waals surface area (Å²) in [7, 11) is 1.88. The van der Waals surface area contributed by atoms with Crippen LogP contribution in [0.2, 0.25) is 0 Å². The van der Waals surface area contributed by atoms with Crippen molar-refractivity contribution in [3.63, 3.8) is 0 Å². The van der Waals surface area contributed by atoms with Gasteiger partial charge in [0.15, 0.2) is 0 Å². The lowest BCUT2D eigenvalue weighted by Crippen LogP contribution is -2.38. The molecule has 3 aromatic rings. The number of ether oxygens (including phenoxy) is 1. The van der Waals surface area contributed by atoms with Gasteiger partial charge in [0.05, 0.1) is 5.69 Å². The number of rotatable bonds is 5. The van der Waals surface area contributed by atoms with Gasteiger partial charge in [0.2, 0.25) is 5.88 Å². The van der Waals surface area contributed by atoms with Crippen LogP contribution in [-0.2, 0) is 0 Å². The van der Waals surface area contributed by atoms with Gasteiger partial charge in [-0.15, -0.1) is 0 Å². The molecule has 1 heterocycles. The number of carbonyl (C=O) groups excluding carboxylic acids is 1. The highest BCUT2D eigenvalue weighted by atomic mass is 19.1. The Morgan fingerprint density at radius 1 is 1.03 bits per heavy atom. The number of aromatic nitrogens is 2. The fourth-order valence-electron chi connectivity index (χ4n) is 3.82. The van der Waals surface area contributed by atoms with Crippen LogP contribution in [0.1, 0.15) is 42.5 Å². The highest BCUT2D eigenvalue weighted by Crippen LogP contribution is 2.26. The van der Waals surface area contributed by atoms with E-state index in [-0.39, 0.29) is 11.7 Å². The molecule has 0 aliphatic heterocycles. The van der Waals surface area contributed by atoms with E-state index in [0.29, 0.717) is 28.9 Å². The molecular weight excluding hydrogens is 381 g/mol. The average Bonchev–Trinajstić information content (AvgIpc) is 2.79. The summed E-state index contributed by atoms with van der Waals surface area (Å²) in [5.74, 6) is 0.585. The summed E-state index contributed by atoms with van der Waals surface area (Å²) in [6.45, 7) is 0. The smallest absolute Gasteiger partial charge is 0.253 e. The van der Waals surface area contributed by atoms with Crippen LogP contribution in [0.25, 0.3) is 11.3 Å². The van der Waals surface area contributed by atoms with Gasteiger partial charge >= 0.3 is 0 Å². The van der Waals surface area contributed by atoms with Crippen molar-refractivity contribution in [2.75, 3.05) is 7.05 Å². The summed E-state index contributed by atoms with van der Waals surface area (Å²) >= 11 is 0.